The summed E-state index contributed by atoms with van der Waals surface area (Å²) in [4.78, 5) is 3.75. The van der Waals surface area contributed by atoms with Gasteiger partial charge in [-0.3, -0.25) is 4.99 Å². The molecule has 76 valence electrons. The highest BCUT2D eigenvalue weighted by atomic mass is 15.4. The second-order valence-corrected chi connectivity index (χ2v) is 3.10. The van der Waals surface area contributed by atoms with E-state index in [0.717, 1.165) is 37.9 Å². The van der Waals surface area contributed by atoms with Crippen molar-refractivity contribution in [2.24, 2.45) is 10.8 Å². The van der Waals surface area contributed by atoms with Crippen LogP contribution >= 0.6 is 0 Å². The van der Waals surface area contributed by atoms with Gasteiger partial charge in [0.15, 0.2) is 0 Å². The van der Waals surface area contributed by atoms with Crippen LogP contribution in [0.3, 0.4) is 0 Å². The molecular formula is C10H21N3. The number of nitrogens with zero attached hydrogens (tertiary/aromatic N) is 2. The van der Waals surface area contributed by atoms with E-state index in [-0.39, 0.29) is 0 Å². The van der Waals surface area contributed by atoms with Gasteiger partial charge in [0.25, 0.3) is 0 Å². The molecule has 0 aliphatic rings. The minimum Gasteiger partial charge on any atom is -0.314 e. The Labute approximate surface area is 81.3 Å². The summed E-state index contributed by atoms with van der Waals surface area (Å²) in [5.41, 5.74) is 1.07. The van der Waals surface area contributed by atoms with Crippen molar-refractivity contribution in [2.45, 2.75) is 39.5 Å². The second-order valence-electron chi connectivity index (χ2n) is 3.10. The number of rotatable bonds is 7. The molecule has 0 bridgehead atoms. The molecular weight excluding hydrogens is 162 g/mol. The maximum atomic E-state index is 5.85. The molecule has 0 aromatic carbocycles. The van der Waals surface area contributed by atoms with E-state index < -0.39 is 0 Å². The fraction of sp³-hybridized carbons (Fsp3) is 0.700. The predicted molar refractivity (Wildman–Crippen MR) is 58.3 cm³/mol. The summed E-state index contributed by atoms with van der Waals surface area (Å²) in [5, 5.41) is 1.78. The Morgan fingerprint density at radius 1 is 1.46 bits per heavy atom. The molecule has 0 saturated heterocycles. The summed E-state index contributed by atoms with van der Waals surface area (Å²) in [7, 11) is 0. The van der Waals surface area contributed by atoms with Crippen molar-refractivity contribution in [3.8, 4) is 0 Å². The summed E-state index contributed by atoms with van der Waals surface area (Å²) in [6, 6.07) is 0. The standard InChI is InChI=1S/C10H21N3/c1-4-6-8-13(11)10(7-5-2)9-12-3/h9H,3-8,11H2,1-2H3/b10-9-. The van der Waals surface area contributed by atoms with Crippen molar-refractivity contribution in [1.82, 2.24) is 5.01 Å². The topological polar surface area (TPSA) is 41.6 Å². The van der Waals surface area contributed by atoms with Gasteiger partial charge in [-0.1, -0.05) is 26.7 Å². The fourth-order valence-electron chi connectivity index (χ4n) is 1.12. The Bertz CT molecular complexity index is 164. The molecule has 0 spiro atoms. The minimum atomic E-state index is 0.901. The molecule has 2 N–H and O–H groups in total. The number of hydrogen-bond acceptors (Lipinski definition) is 3. The molecule has 0 aliphatic carbocycles. The summed E-state index contributed by atoms with van der Waals surface area (Å²) in [6.07, 6.45) is 6.09. The second kappa shape index (κ2) is 7.80. The molecule has 0 amide bonds. The van der Waals surface area contributed by atoms with Crippen molar-refractivity contribution in [1.29, 1.82) is 0 Å². The van der Waals surface area contributed by atoms with Gasteiger partial charge in [-0.15, -0.1) is 0 Å². The number of aliphatic imine (C=N–C) groups is 1. The third kappa shape index (κ3) is 5.42. The molecule has 0 unspecified atom stereocenters. The normalized spacial score (nSPS) is 11.5. The van der Waals surface area contributed by atoms with E-state index in [4.69, 9.17) is 5.84 Å². The first-order chi connectivity index (χ1) is 6.26. The van der Waals surface area contributed by atoms with E-state index in [1.54, 1.807) is 11.2 Å². The zero-order valence-corrected chi connectivity index (χ0v) is 8.79. The van der Waals surface area contributed by atoms with Crippen LogP contribution in [0.4, 0.5) is 0 Å². The van der Waals surface area contributed by atoms with Crippen LogP contribution in [-0.4, -0.2) is 18.3 Å². The Morgan fingerprint density at radius 2 is 2.15 bits per heavy atom. The molecule has 3 nitrogen and oxygen atoms in total. The molecule has 0 rings (SSSR count). The van der Waals surface area contributed by atoms with Gasteiger partial charge in [0.2, 0.25) is 0 Å². The molecule has 0 aliphatic heterocycles. The van der Waals surface area contributed by atoms with Crippen molar-refractivity contribution in [3.63, 3.8) is 0 Å². The molecule has 0 atom stereocenters. The van der Waals surface area contributed by atoms with Gasteiger partial charge in [0.05, 0.1) is 0 Å². The van der Waals surface area contributed by atoms with Crippen molar-refractivity contribution in [2.75, 3.05) is 6.54 Å². The molecule has 0 aromatic heterocycles. The van der Waals surface area contributed by atoms with Crippen LogP contribution in [0.2, 0.25) is 0 Å². The average Bonchev–Trinajstić information content (AvgIpc) is 2.14. The fourth-order valence-corrected chi connectivity index (χ4v) is 1.12. The predicted octanol–water partition coefficient (Wildman–Crippen LogP) is 2.30. The van der Waals surface area contributed by atoms with Crippen LogP contribution in [0.5, 0.6) is 0 Å². The molecule has 0 heterocycles. The first-order valence-corrected chi connectivity index (χ1v) is 4.93. The zero-order valence-electron chi connectivity index (χ0n) is 8.79. The quantitative estimate of drug-likeness (QED) is 0.374. The lowest BCUT2D eigenvalue weighted by atomic mass is 10.2. The first kappa shape index (κ1) is 12.2. The summed E-state index contributed by atoms with van der Waals surface area (Å²) < 4.78 is 0. The highest BCUT2D eigenvalue weighted by Crippen LogP contribution is 2.08. The van der Waals surface area contributed by atoms with Crippen LogP contribution < -0.4 is 5.84 Å². The largest absolute Gasteiger partial charge is 0.314 e. The Hall–Kier alpha value is -0.830. The SMILES string of the molecule is C=N/C=C(/CCC)N(N)CCCC. The summed E-state index contributed by atoms with van der Waals surface area (Å²) >= 11 is 0. The molecule has 0 fully saturated rings. The van der Waals surface area contributed by atoms with Gasteiger partial charge in [-0.05, 0) is 19.6 Å². The summed E-state index contributed by atoms with van der Waals surface area (Å²) in [6.45, 7) is 8.62. The molecule has 13 heavy (non-hydrogen) atoms. The molecule has 3 heteroatoms. The zero-order chi connectivity index (χ0) is 10.1. The third-order valence-corrected chi connectivity index (χ3v) is 1.87. The summed E-state index contributed by atoms with van der Waals surface area (Å²) in [5.74, 6) is 5.85. The van der Waals surface area contributed by atoms with Crippen LogP contribution in [0, 0.1) is 0 Å². The Morgan fingerprint density at radius 3 is 2.62 bits per heavy atom. The minimum absolute atomic E-state index is 0.901. The number of unbranched alkanes of at least 4 members (excludes halogenated alkanes) is 1. The average molecular weight is 183 g/mol. The highest BCUT2D eigenvalue weighted by molar-refractivity contribution is 5.26. The molecule has 0 radical (unpaired) electrons. The maximum Gasteiger partial charge on any atom is 0.0473 e. The van der Waals surface area contributed by atoms with Gasteiger partial charge >= 0.3 is 0 Å². The van der Waals surface area contributed by atoms with Gasteiger partial charge in [0.1, 0.15) is 0 Å². The smallest absolute Gasteiger partial charge is 0.0473 e. The van der Waals surface area contributed by atoms with E-state index in [2.05, 4.69) is 25.6 Å². The van der Waals surface area contributed by atoms with Crippen LogP contribution in [0.25, 0.3) is 0 Å². The van der Waals surface area contributed by atoms with Crippen molar-refractivity contribution < 1.29 is 0 Å². The lowest BCUT2D eigenvalue weighted by Gasteiger charge is -2.20. The maximum absolute atomic E-state index is 5.85. The number of nitrogens with two attached hydrogens (primary N) is 1. The van der Waals surface area contributed by atoms with Crippen LogP contribution in [0.15, 0.2) is 16.9 Å². The van der Waals surface area contributed by atoms with Gasteiger partial charge in [-0.25, -0.2) is 5.84 Å². The highest BCUT2D eigenvalue weighted by Gasteiger charge is 2.02. The van der Waals surface area contributed by atoms with Crippen LogP contribution in [-0.2, 0) is 0 Å². The monoisotopic (exact) mass is 183 g/mol. The van der Waals surface area contributed by atoms with Crippen LogP contribution in [0.1, 0.15) is 39.5 Å². The van der Waals surface area contributed by atoms with E-state index in [1.165, 1.54) is 0 Å². The van der Waals surface area contributed by atoms with E-state index in [0.29, 0.717) is 0 Å². The molecule has 0 saturated carbocycles. The van der Waals surface area contributed by atoms with Crippen molar-refractivity contribution in [3.05, 3.63) is 11.9 Å². The number of allylic oxidation sites excluding steroid dienone is 1. The van der Waals surface area contributed by atoms with Gasteiger partial charge in [-0.2, -0.15) is 0 Å². The lowest BCUT2D eigenvalue weighted by Crippen LogP contribution is -2.31. The van der Waals surface area contributed by atoms with E-state index in [1.807, 2.05) is 0 Å². The molecule has 0 aromatic rings. The third-order valence-electron chi connectivity index (χ3n) is 1.87. The first-order valence-electron chi connectivity index (χ1n) is 4.93. The lowest BCUT2D eigenvalue weighted by molar-refractivity contribution is 0.337. The van der Waals surface area contributed by atoms with E-state index in [9.17, 15) is 0 Å². The Balaban J connectivity index is 4.02. The van der Waals surface area contributed by atoms with Gasteiger partial charge < -0.3 is 5.01 Å². The Kier molecular flexibility index (Phi) is 7.30. The number of hydrogen-bond donors (Lipinski definition) is 1. The van der Waals surface area contributed by atoms with E-state index >= 15 is 0 Å². The van der Waals surface area contributed by atoms with Crippen molar-refractivity contribution >= 4 is 6.72 Å². The number of hydrazine groups is 1. The van der Waals surface area contributed by atoms with Gasteiger partial charge in [0, 0.05) is 18.4 Å².